The molecule has 1 aliphatic heterocycles. The standard InChI is InChI=1S/C19H25BrFN5.HI/c1-3-22-19(23-10-14-4-5-17(20)18(21)9-14)26-7-6-15(13-26)8-16-11-24-25(2)12-16;/h4-5,9,11-12,15H,3,6-8,10,13H2,1-2H3,(H,22,23);1H. The predicted molar refractivity (Wildman–Crippen MR) is 121 cm³/mol. The van der Waals surface area contributed by atoms with Crippen molar-refractivity contribution in [3.63, 3.8) is 0 Å². The van der Waals surface area contributed by atoms with Gasteiger partial charge < -0.3 is 10.2 Å². The zero-order valence-electron chi connectivity index (χ0n) is 15.7. The van der Waals surface area contributed by atoms with E-state index in [0.29, 0.717) is 16.9 Å². The van der Waals surface area contributed by atoms with Crippen LogP contribution in [0.1, 0.15) is 24.5 Å². The number of hydrogen-bond acceptors (Lipinski definition) is 2. The molecular weight excluding hydrogens is 524 g/mol. The summed E-state index contributed by atoms with van der Waals surface area (Å²) in [6.45, 7) is 5.33. The van der Waals surface area contributed by atoms with Crippen LogP contribution < -0.4 is 5.32 Å². The third-order valence-corrected chi connectivity index (χ3v) is 5.24. The molecule has 0 aliphatic carbocycles. The molecule has 2 aromatic rings. The molecular formula is C19H26BrFIN5. The number of rotatable bonds is 5. The summed E-state index contributed by atoms with van der Waals surface area (Å²) in [4.78, 5) is 7.02. The Morgan fingerprint density at radius 2 is 2.22 bits per heavy atom. The van der Waals surface area contributed by atoms with Crippen molar-refractivity contribution >= 4 is 45.9 Å². The van der Waals surface area contributed by atoms with E-state index in [-0.39, 0.29) is 29.8 Å². The highest BCUT2D eigenvalue weighted by Gasteiger charge is 2.25. The van der Waals surface area contributed by atoms with Crippen LogP contribution in [0, 0.1) is 11.7 Å². The maximum Gasteiger partial charge on any atom is 0.194 e. The Bertz CT molecular complexity index is 779. The lowest BCUT2D eigenvalue weighted by molar-refractivity contribution is 0.460. The van der Waals surface area contributed by atoms with Gasteiger partial charge in [0.05, 0.1) is 17.2 Å². The summed E-state index contributed by atoms with van der Waals surface area (Å²) in [7, 11) is 1.95. The molecule has 2 heterocycles. The van der Waals surface area contributed by atoms with Gasteiger partial charge in [-0.2, -0.15) is 5.10 Å². The third kappa shape index (κ3) is 6.17. The zero-order valence-corrected chi connectivity index (χ0v) is 19.6. The maximum absolute atomic E-state index is 13.7. The average Bonchev–Trinajstić information content (AvgIpc) is 3.24. The van der Waals surface area contributed by atoms with Gasteiger partial charge in [0.2, 0.25) is 0 Å². The number of nitrogens with one attached hydrogen (secondary N) is 1. The minimum Gasteiger partial charge on any atom is -0.357 e. The molecule has 1 atom stereocenters. The molecule has 8 heteroatoms. The topological polar surface area (TPSA) is 45.5 Å². The maximum atomic E-state index is 13.7. The summed E-state index contributed by atoms with van der Waals surface area (Å²) in [5, 5.41) is 7.62. The number of aliphatic imine (C=N–C) groups is 1. The van der Waals surface area contributed by atoms with Crippen molar-refractivity contribution in [3.05, 3.63) is 52.0 Å². The zero-order chi connectivity index (χ0) is 18.5. The summed E-state index contributed by atoms with van der Waals surface area (Å²) < 4.78 is 16.0. The van der Waals surface area contributed by atoms with Gasteiger partial charge in [-0.1, -0.05) is 6.07 Å². The molecule has 1 aromatic heterocycles. The van der Waals surface area contributed by atoms with Gasteiger partial charge in [-0.05, 0) is 64.9 Å². The molecule has 0 bridgehead atoms. The number of benzene rings is 1. The van der Waals surface area contributed by atoms with E-state index < -0.39 is 0 Å². The Labute approximate surface area is 185 Å². The highest BCUT2D eigenvalue weighted by Crippen LogP contribution is 2.21. The molecule has 3 rings (SSSR count). The van der Waals surface area contributed by atoms with E-state index in [2.05, 4.69) is 44.4 Å². The Kier molecular flexibility index (Phi) is 8.53. The summed E-state index contributed by atoms with van der Waals surface area (Å²) in [5.41, 5.74) is 2.15. The van der Waals surface area contributed by atoms with Crippen molar-refractivity contribution < 1.29 is 4.39 Å². The van der Waals surface area contributed by atoms with E-state index >= 15 is 0 Å². The normalized spacial score (nSPS) is 17.1. The van der Waals surface area contributed by atoms with Crippen LogP contribution in [0.3, 0.4) is 0 Å². The predicted octanol–water partition coefficient (Wildman–Crippen LogP) is 3.97. The monoisotopic (exact) mass is 549 g/mol. The smallest absolute Gasteiger partial charge is 0.194 e. The number of halogens is 3. The quantitative estimate of drug-likeness (QED) is 0.349. The number of hydrogen-bond donors (Lipinski definition) is 1. The molecule has 0 amide bonds. The second-order valence-electron chi connectivity index (χ2n) is 6.75. The van der Waals surface area contributed by atoms with E-state index in [1.54, 1.807) is 6.07 Å². The van der Waals surface area contributed by atoms with Gasteiger partial charge in [0.25, 0.3) is 0 Å². The minimum absolute atomic E-state index is 0. The third-order valence-electron chi connectivity index (χ3n) is 4.60. The Balaban J connectivity index is 0.00000261. The lowest BCUT2D eigenvalue weighted by Crippen LogP contribution is -2.40. The van der Waals surface area contributed by atoms with Gasteiger partial charge >= 0.3 is 0 Å². The molecule has 1 saturated heterocycles. The molecule has 27 heavy (non-hydrogen) atoms. The van der Waals surface area contributed by atoms with Crippen LogP contribution in [0.5, 0.6) is 0 Å². The highest BCUT2D eigenvalue weighted by molar-refractivity contribution is 14.0. The molecule has 1 unspecified atom stereocenters. The van der Waals surface area contributed by atoms with Crippen molar-refractivity contribution in [2.45, 2.75) is 26.3 Å². The Morgan fingerprint density at radius 1 is 1.41 bits per heavy atom. The Morgan fingerprint density at radius 3 is 2.89 bits per heavy atom. The minimum atomic E-state index is -0.250. The van der Waals surface area contributed by atoms with Gasteiger partial charge in [-0.15, -0.1) is 24.0 Å². The first kappa shape index (κ1) is 22.1. The van der Waals surface area contributed by atoms with E-state index in [0.717, 1.165) is 44.0 Å². The van der Waals surface area contributed by atoms with Crippen LogP contribution in [0.25, 0.3) is 0 Å². The number of aryl methyl sites for hydroxylation is 1. The molecule has 148 valence electrons. The molecule has 1 aliphatic rings. The van der Waals surface area contributed by atoms with Crippen LogP contribution in [0.2, 0.25) is 0 Å². The van der Waals surface area contributed by atoms with Gasteiger partial charge in [0, 0.05) is 32.9 Å². The van der Waals surface area contributed by atoms with Gasteiger partial charge in [-0.3, -0.25) is 4.68 Å². The number of aromatic nitrogens is 2. The Hall–Kier alpha value is -1.16. The summed E-state index contributed by atoms with van der Waals surface area (Å²) in [5.74, 6) is 1.26. The van der Waals surface area contributed by atoms with Gasteiger partial charge in [0.1, 0.15) is 5.82 Å². The van der Waals surface area contributed by atoms with Gasteiger partial charge in [0.15, 0.2) is 5.96 Å². The first-order valence-corrected chi connectivity index (χ1v) is 9.79. The van der Waals surface area contributed by atoms with Crippen molar-refractivity contribution in [1.29, 1.82) is 0 Å². The molecule has 1 fully saturated rings. The summed E-state index contributed by atoms with van der Waals surface area (Å²) in [6.07, 6.45) is 6.22. The van der Waals surface area contributed by atoms with Crippen LogP contribution in [-0.4, -0.2) is 40.3 Å². The number of likely N-dealkylation sites (tertiary alicyclic amines) is 1. The van der Waals surface area contributed by atoms with Crippen LogP contribution in [0.15, 0.2) is 40.1 Å². The van der Waals surface area contributed by atoms with E-state index in [1.165, 1.54) is 11.6 Å². The average molecular weight is 550 g/mol. The fourth-order valence-electron chi connectivity index (χ4n) is 3.33. The molecule has 1 aromatic carbocycles. The van der Waals surface area contributed by atoms with Crippen molar-refractivity contribution in [1.82, 2.24) is 20.0 Å². The second kappa shape index (κ2) is 10.4. The number of guanidine groups is 1. The summed E-state index contributed by atoms with van der Waals surface area (Å²) in [6, 6.07) is 5.16. The lowest BCUT2D eigenvalue weighted by atomic mass is 10.0. The molecule has 0 spiro atoms. The van der Waals surface area contributed by atoms with E-state index in [1.807, 2.05) is 24.0 Å². The molecule has 0 radical (unpaired) electrons. The van der Waals surface area contributed by atoms with E-state index in [4.69, 9.17) is 4.99 Å². The largest absolute Gasteiger partial charge is 0.357 e. The van der Waals surface area contributed by atoms with Crippen molar-refractivity contribution in [3.8, 4) is 0 Å². The fraction of sp³-hybridized carbons (Fsp3) is 0.474. The summed E-state index contributed by atoms with van der Waals surface area (Å²) >= 11 is 3.19. The molecule has 0 saturated carbocycles. The van der Waals surface area contributed by atoms with E-state index in [9.17, 15) is 4.39 Å². The molecule has 5 nitrogen and oxygen atoms in total. The van der Waals surface area contributed by atoms with Crippen LogP contribution in [0.4, 0.5) is 4.39 Å². The second-order valence-corrected chi connectivity index (χ2v) is 7.60. The molecule has 1 N–H and O–H groups in total. The van der Waals surface area contributed by atoms with Crippen LogP contribution >= 0.6 is 39.9 Å². The van der Waals surface area contributed by atoms with Gasteiger partial charge in [-0.25, -0.2) is 9.38 Å². The number of nitrogens with zero attached hydrogens (tertiary/aromatic N) is 4. The first-order valence-electron chi connectivity index (χ1n) is 9.00. The highest BCUT2D eigenvalue weighted by atomic mass is 127. The SMILES string of the molecule is CCNC(=NCc1ccc(Br)c(F)c1)N1CCC(Cc2cnn(C)c2)C1.I. The van der Waals surface area contributed by atoms with Crippen molar-refractivity contribution in [2.75, 3.05) is 19.6 Å². The van der Waals surface area contributed by atoms with Crippen LogP contribution in [-0.2, 0) is 20.0 Å². The van der Waals surface area contributed by atoms with Crippen molar-refractivity contribution in [2.24, 2.45) is 18.0 Å². The lowest BCUT2D eigenvalue weighted by Gasteiger charge is -2.21. The first-order chi connectivity index (χ1) is 12.5. The fourth-order valence-corrected chi connectivity index (χ4v) is 3.58.